The molecular weight excluding hydrogens is 354 g/mol. The summed E-state index contributed by atoms with van der Waals surface area (Å²) in [5, 5.41) is 4.71. The van der Waals surface area contributed by atoms with Gasteiger partial charge in [-0.1, -0.05) is 6.07 Å². The summed E-state index contributed by atoms with van der Waals surface area (Å²) in [4.78, 5) is 23.4. The normalized spacial score (nSPS) is 17.1. The molecule has 0 aliphatic carbocycles. The number of pyridine rings is 2. The van der Waals surface area contributed by atoms with Gasteiger partial charge in [0.1, 0.15) is 6.26 Å². The van der Waals surface area contributed by atoms with Crippen LogP contribution in [0.25, 0.3) is 16.8 Å². The third kappa shape index (κ3) is 3.05. The molecule has 1 atom stereocenters. The van der Waals surface area contributed by atoms with Crippen molar-refractivity contribution in [3.63, 3.8) is 0 Å². The topological polar surface area (TPSA) is 76.5 Å². The molecule has 7 nitrogen and oxygen atoms in total. The summed E-state index contributed by atoms with van der Waals surface area (Å²) in [6.07, 6.45) is 10.5. The summed E-state index contributed by atoms with van der Waals surface area (Å²) >= 11 is 0. The zero-order chi connectivity index (χ0) is 18.9. The largest absolute Gasteiger partial charge is 0.472 e. The van der Waals surface area contributed by atoms with Gasteiger partial charge in [-0.15, -0.1) is 0 Å². The molecule has 1 saturated heterocycles. The van der Waals surface area contributed by atoms with Gasteiger partial charge in [-0.2, -0.15) is 5.10 Å². The average molecular weight is 373 g/mol. The van der Waals surface area contributed by atoms with Gasteiger partial charge < -0.3 is 9.32 Å². The van der Waals surface area contributed by atoms with E-state index in [2.05, 4.69) is 4.98 Å². The number of furan rings is 1. The quantitative estimate of drug-likeness (QED) is 0.550. The molecule has 0 N–H and O–H groups in total. The van der Waals surface area contributed by atoms with Crippen molar-refractivity contribution in [2.45, 2.75) is 18.8 Å². The molecule has 5 rings (SSSR count). The first-order chi connectivity index (χ1) is 13.8. The van der Waals surface area contributed by atoms with Crippen LogP contribution in [-0.2, 0) is 0 Å². The molecule has 4 aromatic rings. The van der Waals surface area contributed by atoms with E-state index in [-0.39, 0.29) is 11.8 Å². The summed E-state index contributed by atoms with van der Waals surface area (Å²) in [6, 6.07) is 9.64. The smallest absolute Gasteiger partial charge is 0.257 e. The molecule has 1 aliphatic heterocycles. The Morgan fingerprint density at radius 1 is 1.18 bits per heavy atom. The zero-order valence-electron chi connectivity index (χ0n) is 15.2. The molecule has 1 fully saturated rings. The molecular formula is C21H19N5O2. The van der Waals surface area contributed by atoms with Gasteiger partial charge in [0.05, 0.1) is 11.8 Å². The number of piperidine rings is 1. The van der Waals surface area contributed by atoms with Gasteiger partial charge in [0.25, 0.3) is 5.91 Å². The highest BCUT2D eigenvalue weighted by atomic mass is 16.3. The molecule has 0 aromatic carbocycles. The molecule has 0 saturated carbocycles. The van der Waals surface area contributed by atoms with Crippen LogP contribution in [-0.4, -0.2) is 43.5 Å². The van der Waals surface area contributed by atoms with Crippen molar-refractivity contribution in [3.05, 3.63) is 72.8 Å². The number of aromatic nitrogens is 4. The van der Waals surface area contributed by atoms with Crippen LogP contribution in [0.15, 0.2) is 65.9 Å². The van der Waals surface area contributed by atoms with Crippen molar-refractivity contribution >= 4 is 11.6 Å². The fraction of sp³-hybridized carbons (Fsp3) is 0.238. The van der Waals surface area contributed by atoms with Crippen molar-refractivity contribution < 1.29 is 9.21 Å². The van der Waals surface area contributed by atoms with Gasteiger partial charge in [0.15, 0.2) is 11.5 Å². The summed E-state index contributed by atoms with van der Waals surface area (Å²) in [5.41, 5.74) is 3.47. The number of fused-ring (bicyclic) bond motifs is 1. The first kappa shape index (κ1) is 16.7. The minimum Gasteiger partial charge on any atom is -0.472 e. The maximum Gasteiger partial charge on any atom is 0.257 e. The number of hydrogen-bond acceptors (Lipinski definition) is 5. The average Bonchev–Trinajstić information content (AvgIpc) is 3.43. The van der Waals surface area contributed by atoms with E-state index < -0.39 is 0 Å². The Labute approximate surface area is 161 Å². The molecule has 0 bridgehead atoms. The lowest BCUT2D eigenvalue weighted by atomic mass is 9.97. The van der Waals surface area contributed by atoms with Crippen LogP contribution >= 0.6 is 0 Å². The van der Waals surface area contributed by atoms with Gasteiger partial charge in [-0.25, -0.2) is 9.50 Å². The second-order valence-corrected chi connectivity index (χ2v) is 7.03. The molecule has 4 aromatic heterocycles. The van der Waals surface area contributed by atoms with Crippen molar-refractivity contribution in [1.29, 1.82) is 0 Å². The van der Waals surface area contributed by atoms with E-state index in [4.69, 9.17) is 14.5 Å². The number of carbonyl (C=O) groups excluding carboxylic acids is 1. The molecule has 28 heavy (non-hydrogen) atoms. The molecule has 5 heterocycles. The molecule has 0 radical (unpaired) electrons. The standard InChI is InChI=1S/C21H19N5O2/c27-21(18-7-10-28-14-18)25-9-2-4-17(12-25)20-23-19-6-5-16(13-26(19)24-20)15-3-1-8-22-11-15/h1,3,5-8,10-11,13-14,17H,2,4,9,12H2. The number of carbonyl (C=O) groups is 1. The number of hydrogen-bond donors (Lipinski definition) is 0. The Balaban J connectivity index is 1.40. The van der Waals surface area contributed by atoms with Gasteiger partial charge in [-0.05, 0) is 37.1 Å². The van der Waals surface area contributed by atoms with Gasteiger partial charge in [0.2, 0.25) is 0 Å². The monoisotopic (exact) mass is 373 g/mol. The van der Waals surface area contributed by atoms with Gasteiger partial charge >= 0.3 is 0 Å². The highest BCUT2D eigenvalue weighted by Crippen LogP contribution is 2.27. The Bertz CT molecular complexity index is 1100. The van der Waals surface area contributed by atoms with Crippen LogP contribution in [0.2, 0.25) is 0 Å². The van der Waals surface area contributed by atoms with Crippen molar-refractivity contribution in [1.82, 2.24) is 24.5 Å². The summed E-state index contributed by atoms with van der Waals surface area (Å²) in [6.45, 7) is 1.37. The second-order valence-electron chi connectivity index (χ2n) is 7.03. The van der Waals surface area contributed by atoms with E-state index in [1.807, 2.05) is 46.1 Å². The van der Waals surface area contributed by atoms with E-state index in [0.29, 0.717) is 12.1 Å². The maximum atomic E-state index is 12.6. The molecule has 1 amide bonds. The van der Waals surface area contributed by atoms with E-state index in [1.54, 1.807) is 12.3 Å². The van der Waals surface area contributed by atoms with Crippen LogP contribution < -0.4 is 0 Å². The van der Waals surface area contributed by atoms with E-state index in [1.165, 1.54) is 12.5 Å². The first-order valence-corrected chi connectivity index (χ1v) is 9.36. The Kier molecular flexibility index (Phi) is 4.12. The van der Waals surface area contributed by atoms with Crippen LogP contribution in [0.1, 0.15) is 34.9 Å². The Morgan fingerprint density at radius 3 is 2.96 bits per heavy atom. The summed E-state index contributed by atoms with van der Waals surface area (Å²) in [7, 11) is 0. The van der Waals surface area contributed by atoms with Gasteiger partial charge in [-0.3, -0.25) is 9.78 Å². The maximum absolute atomic E-state index is 12.6. The lowest BCUT2D eigenvalue weighted by Crippen LogP contribution is -2.39. The minimum absolute atomic E-state index is 0.000998. The van der Waals surface area contributed by atoms with Crippen LogP contribution in [0.4, 0.5) is 0 Å². The Hall–Kier alpha value is -3.48. The number of likely N-dealkylation sites (tertiary alicyclic amines) is 1. The van der Waals surface area contributed by atoms with Crippen molar-refractivity contribution in [3.8, 4) is 11.1 Å². The van der Waals surface area contributed by atoms with Crippen molar-refractivity contribution in [2.75, 3.05) is 13.1 Å². The number of rotatable bonds is 3. The predicted molar refractivity (Wildman–Crippen MR) is 103 cm³/mol. The number of amides is 1. The van der Waals surface area contributed by atoms with Crippen LogP contribution in [0, 0.1) is 0 Å². The highest BCUT2D eigenvalue weighted by molar-refractivity contribution is 5.93. The third-order valence-electron chi connectivity index (χ3n) is 5.18. The molecule has 1 aliphatic rings. The van der Waals surface area contributed by atoms with E-state index in [0.717, 1.165) is 42.0 Å². The lowest BCUT2D eigenvalue weighted by molar-refractivity contribution is 0.0704. The van der Waals surface area contributed by atoms with E-state index >= 15 is 0 Å². The molecule has 1 unspecified atom stereocenters. The Morgan fingerprint density at radius 2 is 2.14 bits per heavy atom. The fourth-order valence-electron chi connectivity index (χ4n) is 3.72. The van der Waals surface area contributed by atoms with Crippen LogP contribution in [0.3, 0.4) is 0 Å². The number of nitrogens with zero attached hydrogens (tertiary/aromatic N) is 5. The van der Waals surface area contributed by atoms with Crippen LogP contribution in [0.5, 0.6) is 0 Å². The molecule has 140 valence electrons. The minimum atomic E-state index is 0.000998. The lowest BCUT2D eigenvalue weighted by Gasteiger charge is -2.31. The summed E-state index contributed by atoms with van der Waals surface area (Å²) < 4.78 is 6.86. The molecule has 0 spiro atoms. The molecule has 7 heteroatoms. The SMILES string of the molecule is O=C(c1ccoc1)N1CCCC(c2nc3ccc(-c4cccnc4)cn3n2)C1. The van der Waals surface area contributed by atoms with E-state index in [9.17, 15) is 4.79 Å². The van der Waals surface area contributed by atoms with Gasteiger partial charge in [0, 0.05) is 48.7 Å². The fourth-order valence-corrected chi connectivity index (χ4v) is 3.72. The van der Waals surface area contributed by atoms with Crippen molar-refractivity contribution in [2.24, 2.45) is 0 Å². The summed E-state index contributed by atoms with van der Waals surface area (Å²) in [5.74, 6) is 0.917. The first-order valence-electron chi connectivity index (χ1n) is 9.36. The zero-order valence-corrected chi connectivity index (χ0v) is 15.2. The third-order valence-corrected chi connectivity index (χ3v) is 5.18. The second kappa shape index (κ2) is 6.92. The highest BCUT2D eigenvalue weighted by Gasteiger charge is 2.28. The predicted octanol–water partition coefficient (Wildman–Crippen LogP) is 3.40.